The molecule has 3 aromatic rings. The molecule has 1 N–H and O–H groups in total. The number of aryl methyl sites for hydroxylation is 1. The Hall–Kier alpha value is -3.47. The monoisotopic (exact) mass is 387 g/mol. The van der Waals surface area contributed by atoms with Crippen LogP contribution in [0.25, 0.3) is 11.3 Å². The van der Waals surface area contributed by atoms with Gasteiger partial charge in [-0.05, 0) is 51.1 Å². The summed E-state index contributed by atoms with van der Waals surface area (Å²) in [5.41, 5.74) is 4.13. The largest absolute Gasteiger partial charge is 0.339 e. The minimum atomic E-state index is -0.248. The SMILES string of the molecule is CCN(CC)C(=O)c1cccc(NC(=O)c2ccc(-c3ccccc3)nc2C)c1. The minimum absolute atomic E-state index is 0.0452. The summed E-state index contributed by atoms with van der Waals surface area (Å²) in [5, 5.41) is 2.88. The van der Waals surface area contributed by atoms with E-state index >= 15 is 0 Å². The van der Waals surface area contributed by atoms with Gasteiger partial charge in [-0.15, -0.1) is 0 Å². The summed E-state index contributed by atoms with van der Waals surface area (Å²) >= 11 is 0. The molecular weight excluding hydrogens is 362 g/mol. The van der Waals surface area contributed by atoms with Gasteiger partial charge in [0.15, 0.2) is 0 Å². The maximum atomic E-state index is 12.8. The summed E-state index contributed by atoms with van der Waals surface area (Å²) in [6, 6.07) is 20.5. The molecule has 0 saturated heterocycles. The lowest BCUT2D eigenvalue weighted by atomic mass is 10.1. The van der Waals surface area contributed by atoms with Gasteiger partial charge in [-0.3, -0.25) is 14.6 Å². The van der Waals surface area contributed by atoms with Crippen LogP contribution < -0.4 is 5.32 Å². The van der Waals surface area contributed by atoms with Gasteiger partial charge in [-0.25, -0.2) is 0 Å². The van der Waals surface area contributed by atoms with Crippen LogP contribution in [-0.4, -0.2) is 34.8 Å². The maximum Gasteiger partial charge on any atom is 0.257 e. The second kappa shape index (κ2) is 9.15. The van der Waals surface area contributed by atoms with Crippen LogP contribution in [0.2, 0.25) is 0 Å². The van der Waals surface area contributed by atoms with Gasteiger partial charge in [0.1, 0.15) is 0 Å². The Morgan fingerprint density at radius 1 is 0.931 bits per heavy atom. The third-order valence-electron chi connectivity index (χ3n) is 4.82. The zero-order valence-corrected chi connectivity index (χ0v) is 17.0. The van der Waals surface area contributed by atoms with E-state index < -0.39 is 0 Å². The number of aromatic nitrogens is 1. The molecule has 0 unspecified atom stereocenters. The van der Waals surface area contributed by atoms with Gasteiger partial charge in [-0.2, -0.15) is 0 Å². The summed E-state index contributed by atoms with van der Waals surface area (Å²) in [5.74, 6) is -0.293. The molecule has 2 aromatic carbocycles. The third-order valence-corrected chi connectivity index (χ3v) is 4.82. The quantitative estimate of drug-likeness (QED) is 0.661. The maximum absolute atomic E-state index is 12.8. The summed E-state index contributed by atoms with van der Waals surface area (Å²) < 4.78 is 0. The molecule has 1 heterocycles. The van der Waals surface area contributed by atoms with E-state index in [1.54, 1.807) is 35.2 Å². The van der Waals surface area contributed by atoms with Gasteiger partial charge in [-0.1, -0.05) is 36.4 Å². The van der Waals surface area contributed by atoms with Crippen molar-refractivity contribution >= 4 is 17.5 Å². The number of pyridine rings is 1. The Labute approximate surface area is 171 Å². The fraction of sp³-hybridized carbons (Fsp3) is 0.208. The van der Waals surface area contributed by atoms with Gasteiger partial charge in [0.05, 0.1) is 17.0 Å². The number of amides is 2. The Kier molecular flexibility index (Phi) is 6.39. The molecule has 0 radical (unpaired) electrons. The van der Waals surface area contributed by atoms with Crippen LogP contribution in [0.15, 0.2) is 66.7 Å². The number of nitrogens with one attached hydrogen (secondary N) is 1. The Morgan fingerprint density at radius 3 is 2.31 bits per heavy atom. The van der Waals surface area contributed by atoms with Crippen molar-refractivity contribution in [2.24, 2.45) is 0 Å². The number of nitrogens with zero attached hydrogens (tertiary/aromatic N) is 2. The highest BCUT2D eigenvalue weighted by Crippen LogP contribution is 2.20. The van der Waals surface area contributed by atoms with Gasteiger partial charge in [0.25, 0.3) is 11.8 Å². The Morgan fingerprint density at radius 2 is 1.66 bits per heavy atom. The number of benzene rings is 2. The molecular formula is C24H25N3O2. The van der Waals surface area contributed by atoms with Crippen molar-refractivity contribution in [1.82, 2.24) is 9.88 Å². The van der Waals surface area contributed by atoms with E-state index in [9.17, 15) is 9.59 Å². The second-order valence-electron chi connectivity index (χ2n) is 6.71. The Bertz CT molecular complexity index is 1010. The lowest BCUT2D eigenvalue weighted by molar-refractivity contribution is 0.0772. The molecule has 148 valence electrons. The van der Waals surface area contributed by atoms with Crippen LogP contribution in [-0.2, 0) is 0 Å². The molecule has 0 bridgehead atoms. The number of hydrogen-bond acceptors (Lipinski definition) is 3. The highest BCUT2D eigenvalue weighted by molar-refractivity contribution is 6.06. The highest BCUT2D eigenvalue weighted by Gasteiger charge is 2.15. The topological polar surface area (TPSA) is 62.3 Å². The summed E-state index contributed by atoms with van der Waals surface area (Å²) in [7, 11) is 0. The van der Waals surface area contributed by atoms with Gasteiger partial charge < -0.3 is 10.2 Å². The van der Waals surface area contributed by atoms with E-state index in [0.717, 1.165) is 11.3 Å². The fourth-order valence-corrected chi connectivity index (χ4v) is 3.19. The van der Waals surface area contributed by atoms with E-state index in [1.807, 2.05) is 57.2 Å². The van der Waals surface area contributed by atoms with Crippen LogP contribution in [0.3, 0.4) is 0 Å². The van der Waals surface area contributed by atoms with E-state index in [-0.39, 0.29) is 11.8 Å². The molecule has 0 aliphatic rings. The molecule has 5 nitrogen and oxygen atoms in total. The van der Waals surface area contributed by atoms with E-state index in [0.29, 0.717) is 35.6 Å². The molecule has 1 aromatic heterocycles. The average Bonchev–Trinajstić information content (AvgIpc) is 2.75. The lowest BCUT2D eigenvalue weighted by Gasteiger charge is -2.19. The normalized spacial score (nSPS) is 10.4. The van der Waals surface area contributed by atoms with Gasteiger partial charge in [0, 0.05) is 29.9 Å². The van der Waals surface area contributed by atoms with Crippen molar-refractivity contribution in [2.75, 3.05) is 18.4 Å². The van der Waals surface area contributed by atoms with Crippen molar-refractivity contribution in [1.29, 1.82) is 0 Å². The van der Waals surface area contributed by atoms with E-state index in [2.05, 4.69) is 10.3 Å². The summed E-state index contributed by atoms with van der Waals surface area (Å²) in [6.45, 7) is 7.00. The summed E-state index contributed by atoms with van der Waals surface area (Å²) in [6.07, 6.45) is 0. The first-order valence-corrected chi connectivity index (χ1v) is 9.77. The van der Waals surface area contributed by atoms with Crippen LogP contribution in [0.5, 0.6) is 0 Å². The van der Waals surface area contributed by atoms with Crippen LogP contribution in [0, 0.1) is 6.92 Å². The molecule has 5 heteroatoms. The first kappa shape index (κ1) is 20.3. The fourth-order valence-electron chi connectivity index (χ4n) is 3.19. The van der Waals surface area contributed by atoms with Gasteiger partial charge >= 0.3 is 0 Å². The first-order valence-electron chi connectivity index (χ1n) is 9.77. The molecule has 2 amide bonds. The number of rotatable bonds is 6. The van der Waals surface area contributed by atoms with Crippen molar-refractivity contribution in [3.8, 4) is 11.3 Å². The predicted molar refractivity (Wildman–Crippen MR) is 116 cm³/mol. The molecule has 29 heavy (non-hydrogen) atoms. The van der Waals surface area contributed by atoms with Crippen LogP contribution >= 0.6 is 0 Å². The number of carbonyl (C=O) groups is 2. The van der Waals surface area contributed by atoms with Crippen molar-refractivity contribution in [3.05, 3.63) is 83.6 Å². The molecule has 0 fully saturated rings. The Balaban J connectivity index is 1.79. The molecule has 0 aliphatic carbocycles. The van der Waals surface area contributed by atoms with Crippen LogP contribution in [0.4, 0.5) is 5.69 Å². The molecule has 0 saturated carbocycles. The molecule has 0 aliphatic heterocycles. The minimum Gasteiger partial charge on any atom is -0.339 e. The standard InChI is InChI=1S/C24H25N3O2/c1-4-27(5-2)24(29)19-12-9-13-20(16-19)26-23(28)21-14-15-22(25-17(21)3)18-10-7-6-8-11-18/h6-16H,4-5H2,1-3H3,(H,26,28). The average molecular weight is 387 g/mol. The molecule has 0 atom stereocenters. The van der Waals surface area contributed by atoms with E-state index in [1.165, 1.54) is 0 Å². The van der Waals surface area contributed by atoms with Crippen molar-refractivity contribution < 1.29 is 9.59 Å². The van der Waals surface area contributed by atoms with E-state index in [4.69, 9.17) is 0 Å². The summed E-state index contributed by atoms with van der Waals surface area (Å²) in [4.78, 5) is 31.6. The third kappa shape index (κ3) is 4.69. The lowest BCUT2D eigenvalue weighted by Crippen LogP contribution is -2.30. The van der Waals surface area contributed by atoms with Crippen molar-refractivity contribution in [3.63, 3.8) is 0 Å². The molecule has 3 rings (SSSR count). The molecule has 0 spiro atoms. The van der Waals surface area contributed by atoms with Gasteiger partial charge in [0.2, 0.25) is 0 Å². The predicted octanol–water partition coefficient (Wildman–Crippen LogP) is 4.79. The number of anilines is 1. The zero-order valence-electron chi connectivity index (χ0n) is 17.0. The zero-order chi connectivity index (χ0) is 20.8. The first-order chi connectivity index (χ1) is 14.0. The van der Waals surface area contributed by atoms with Crippen LogP contribution in [0.1, 0.15) is 40.3 Å². The smallest absolute Gasteiger partial charge is 0.257 e. The highest BCUT2D eigenvalue weighted by atomic mass is 16.2. The second-order valence-corrected chi connectivity index (χ2v) is 6.71. The number of hydrogen-bond donors (Lipinski definition) is 1. The number of carbonyl (C=O) groups excluding carboxylic acids is 2. The van der Waals surface area contributed by atoms with Crippen molar-refractivity contribution in [2.45, 2.75) is 20.8 Å².